The molecule has 0 spiro atoms. The number of amides is 2. The second-order valence-corrected chi connectivity index (χ2v) is 8.24. The van der Waals surface area contributed by atoms with E-state index >= 15 is 0 Å². The third kappa shape index (κ3) is 5.74. The average molecular weight is 447 g/mol. The number of halogens is 1. The van der Waals surface area contributed by atoms with Crippen LogP contribution in [-0.2, 0) is 17.8 Å². The summed E-state index contributed by atoms with van der Waals surface area (Å²) < 4.78 is 13.4. The first kappa shape index (κ1) is 22.5. The summed E-state index contributed by atoms with van der Waals surface area (Å²) in [4.78, 5) is 35.1. The molecule has 0 saturated carbocycles. The number of hydrogen-bond donors (Lipinski definition) is 0. The molecule has 1 aliphatic rings. The maximum absolute atomic E-state index is 13.4. The Balaban J connectivity index is 1.30. The zero-order valence-electron chi connectivity index (χ0n) is 18.7. The molecule has 0 unspecified atom stereocenters. The Bertz CT molecular complexity index is 1100. The normalized spacial score (nSPS) is 13.6. The summed E-state index contributed by atoms with van der Waals surface area (Å²) in [6.07, 6.45) is 3.72. The monoisotopic (exact) mass is 446 g/mol. The van der Waals surface area contributed by atoms with Gasteiger partial charge in [-0.15, -0.1) is 0 Å². The zero-order valence-corrected chi connectivity index (χ0v) is 18.7. The third-order valence-electron chi connectivity index (χ3n) is 5.86. The maximum atomic E-state index is 13.4. The highest BCUT2D eigenvalue weighted by Gasteiger charge is 2.25. The molecule has 1 fully saturated rings. The number of pyridine rings is 1. The van der Waals surface area contributed by atoms with Gasteiger partial charge in [0.05, 0.1) is 6.42 Å². The molecule has 2 amide bonds. The lowest BCUT2D eigenvalue weighted by Crippen LogP contribution is -2.51. The number of carbonyl (C=O) groups is 2. The van der Waals surface area contributed by atoms with Crippen LogP contribution in [0.15, 0.2) is 73.1 Å². The second kappa shape index (κ2) is 10.3. The first-order valence-corrected chi connectivity index (χ1v) is 11.0. The molecule has 0 radical (unpaired) electrons. The smallest absolute Gasteiger partial charge is 0.253 e. The van der Waals surface area contributed by atoms with Crippen molar-refractivity contribution in [3.8, 4) is 0 Å². The van der Waals surface area contributed by atoms with Gasteiger partial charge in [0, 0.05) is 63.4 Å². The molecule has 2 aromatic carbocycles. The first-order valence-electron chi connectivity index (χ1n) is 11.0. The van der Waals surface area contributed by atoms with Gasteiger partial charge < -0.3 is 14.7 Å². The van der Waals surface area contributed by atoms with Gasteiger partial charge in [-0.05, 0) is 53.6 Å². The Kier molecular flexibility index (Phi) is 6.98. The van der Waals surface area contributed by atoms with Gasteiger partial charge in [-0.3, -0.25) is 14.6 Å². The van der Waals surface area contributed by atoms with Crippen LogP contribution in [0.25, 0.3) is 0 Å². The zero-order chi connectivity index (χ0) is 23.2. The van der Waals surface area contributed by atoms with Gasteiger partial charge in [0.15, 0.2) is 0 Å². The molecule has 1 aromatic heterocycles. The van der Waals surface area contributed by atoms with Crippen molar-refractivity contribution < 1.29 is 14.0 Å². The molecule has 0 aliphatic carbocycles. The van der Waals surface area contributed by atoms with Crippen LogP contribution in [-0.4, -0.2) is 59.8 Å². The lowest BCUT2D eigenvalue weighted by molar-refractivity contribution is -0.131. The van der Waals surface area contributed by atoms with Crippen molar-refractivity contribution in [1.29, 1.82) is 0 Å². The van der Waals surface area contributed by atoms with Crippen molar-refractivity contribution in [3.63, 3.8) is 0 Å². The lowest BCUT2D eigenvalue weighted by Gasteiger charge is -2.35. The summed E-state index contributed by atoms with van der Waals surface area (Å²) in [5.74, 6) is -0.227. The van der Waals surface area contributed by atoms with Gasteiger partial charge in [-0.2, -0.15) is 0 Å². The summed E-state index contributed by atoms with van der Waals surface area (Å²) in [6.45, 7) is 2.65. The molecule has 2 heterocycles. The third-order valence-corrected chi connectivity index (χ3v) is 5.86. The molecule has 0 bridgehead atoms. The van der Waals surface area contributed by atoms with Crippen LogP contribution in [0.4, 0.5) is 10.1 Å². The van der Waals surface area contributed by atoms with Crippen LogP contribution in [0.1, 0.15) is 21.5 Å². The number of carbonyl (C=O) groups excluding carboxylic acids is 2. The molecular weight excluding hydrogens is 419 g/mol. The summed E-state index contributed by atoms with van der Waals surface area (Å²) in [5, 5.41) is 0. The van der Waals surface area contributed by atoms with Crippen LogP contribution in [0, 0.1) is 5.82 Å². The minimum Gasteiger partial charge on any atom is -0.370 e. The summed E-state index contributed by atoms with van der Waals surface area (Å²) in [6, 6.07) is 17.7. The van der Waals surface area contributed by atoms with Crippen molar-refractivity contribution >= 4 is 17.5 Å². The largest absolute Gasteiger partial charge is 0.370 e. The van der Waals surface area contributed by atoms with Crippen molar-refractivity contribution in [1.82, 2.24) is 14.8 Å². The Labute approximate surface area is 193 Å². The van der Waals surface area contributed by atoms with E-state index in [1.54, 1.807) is 28.3 Å². The number of benzene rings is 2. The highest BCUT2D eigenvalue weighted by Crippen LogP contribution is 2.18. The Morgan fingerprint density at radius 1 is 0.939 bits per heavy atom. The lowest BCUT2D eigenvalue weighted by atomic mass is 10.1. The van der Waals surface area contributed by atoms with E-state index in [1.807, 2.05) is 54.4 Å². The van der Waals surface area contributed by atoms with Crippen LogP contribution >= 0.6 is 0 Å². The van der Waals surface area contributed by atoms with E-state index in [0.29, 0.717) is 44.7 Å². The van der Waals surface area contributed by atoms with Gasteiger partial charge in [-0.25, -0.2) is 4.39 Å². The predicted octanol–water partition coefficient (Wildman–Crippen LogP) is 3.38. The summed E-state index contributed by atoms with van der Waals surface area (Å²) >= 11 is 0. The summed E-state index contributed by atoms with van der Waals surface area (Å²) in [5.41, 5.74) is 3.34. The maximum Gasteiger partial charge on any atom is 0.253 e. The second-order valence-electron chi connectivity index (χ2n) is 8.24. The number of aromatic nitrogens is 1. The fourth-order valence-electron chi connectivity index (χ4n) is 3.99. The van der Waals surface area contributed by atoms with Crippen LogP contribution < -0.4 is 4.90 Å². The Hall–Kier alpha value is -3.74. The number of hydrogen-bond acceptors (Lipinski definition) is 4. The van der Waals surface area contributed by atoms with Gasteiger partial charge in [0.1, 0.15) is 5.82 Å². The van der Waals surface area contributed by atoms with Crippen LogP contribution in [0.2, 0.25) is 0 Å². The molecule has 33 heavy (non-hydrogen) atoms. The predicted molar refractivity (Wildman–Crippen MR) is 125 cm³/mol. The number of anilines is 1. The highest BCUT2D eigenvalue weighted by molar-refractivity contribution is 5.94. The Morgan fingerprint density at radius 2 is 1.64 bits per heavy atom. The SMILES string of the molecule is CN(Cc1cccc(F)c1)c1ccc(C(=O)N2CCN(C(=O)Cc3cccnc3)CC2)cc1. The summed E-state index contributed by atoms with van der Waals surface area (Å²) in [7, 11) is 1.93. The van der Waals surface area contributed by atoms with Gasteiger partial charge >= 0.3 is 0 Å². The van der Waals surface area contributed by atoms with E-state index in [9.17, 15) is 14.0 Å². The molecule has 1 aliphatic heterocycles. The molecule has 6 nitrogen and oxygen atoms in total. The van der Waals surface area contributed by atoms with Crippen LogP contribution in [0.3, 0.4) is 0 Å². The van der Waals surface area contributed by atoms with E-state index < -0.39 is 0 Å². The molecule has 170 valence electrons. The first-order chi connectivity index (χ1) is 16.0. The minimum absolute atomic E-state index is 0.0336. The molecule has 4 rings (SSSR count). The molecule has 7 heteroatoms. The van der Waals surface area contributed by atoms with Crippen molar-refractivity contribution in [2.24, 2.45) is 0 Å². The fourth-order valence-corrected chi connectivity index (χ4v) is 3.99. The van der Waals surface area contributed by atoms with E-state index in [0.717, 1.165) is 16.8 Å². The van der Waals surface area contributed by atoms with Gasteiger partial charge in [-0.1, -0.05) is 18.2 Å². The van der Waals surface area contributed by atoms with E-state index in [4.69, 9.17) is 0 Å². The molecule has 1 saturated heterocycles. The highest BCUT2D eigenvalue weighted by atomic mass is 19.1. The molecule has 0 atom stereocenters. The standard InChI is InChI=1S/C26H27FN4O2/c1-29(19-21-4-2-6-23(27)16-21)24-9-7-22(8-10-24)26(33)31-14-12-30(13-15-31)25(32)17-20-5-3-11-28-18-20/h2-11,16,18H,12-15,17,19H2,1H3. The molecule has 0 N–H and O–H groups in total. The Morgan fingerprint density at radius 3 is 2.30 bits per heavy atom. The molecular formula is C26H27FN4O2. The minimum atomic E-state index is -0.249. The van der Waals surface area contributed by atoms with E-state index in [2.05, 4.69) is 4.98 Å². The quantitative estimate of drug-likeness (QED) is 0.583. The van der Waals surface area contributed by atoms with Gasteiger partial charge in [0.25, 0.3) is 5.91 Å². The van der Waals surface area contributed by atoms with Gasteiger partial charge in [0.2, 0.25) is 5.91 Å². The number of rotatable bonds is 6. The van der Waals surface area contributed by atoms with Crippen molar-refractivity contribution in [2.75, 3.05) is 38.1 Å². The fraction of sp³-hybridized carbons (Fsp3) is 0.269. The van der Waals surface area contributed by atoms with Crippen molar-refractivity contribution in [2.45, 2.75) is 13.0 Å². The topological polar surface area (TPSA) is 56.8 Å². The molecule has 3 aromatic rings. The average Bonchev–Trinajstić information content (AvgIpc) is 2.84. The number of nitrogens with zero attached hydrogens (tertiary/aromatic N) is 4. The van der Waals surface area contributed by atoms with E-state index in [-0.39, 0.29) is 17.6 Å². The van der Waals surface area contributed by atoms with E-state index in [1.165, 1.54) is 12.1 Å². The number of piperazine rings is 1. The van der Waals surface area contributed by atoms with Crippen LogP contribution in [0.5, 0.6) is 0 Å². The van der Waals surface area contributed by atoms with Crippen molar-refractivity contribution in [3.05, 3.63) is 95.6 Å².